The Morgan fingerprint density at radius 3 is 2.65 bits per heavy atom. The molecule has 0 aromatic heterocycles. The zero-order valence-corrected chi connectivity index (χ0v) is 12.4. The molecule has 1 heterocycles. The van der Waals surface area contributed by atoms with Crippen LogP contribution in [0.5, 0.6) is 0 Å². The van der Waals surface area contributed by atoms with E-state index in [0.717, 1.165) is 19.4 Å². The van der Waals surface area contributed by atoms with Gasteiger partial charge in [-0.2, -0.15) is 0 Å². The van der Waals surface area contributed by atoms with Gasteiger partial charge >= 0.3 is 0 Å². The van der Waals surface area contributed by atoms with Crippen molar-refractivity contribution in [3.63, 3.8) is 0 Å². The van der Waals surface area contributed by atoms with Crippen molar-refractivity contribution in [3.8, 4) is 0 Å². The third-order valence-corrected chi connectivity index (χ3v) is 5.08. The Balaban J connectivity index is 1.85. The first kappa shape index (κ1) is 13.7. The van der Waals surface area contributed by atoms with Crippen LogP contribution in [-0.4, -0.2) is 23.4 Å². The number of carbonyl (C=O) groups excluding carboxylic acids is 1. The van der Waals surface area contributed by atoms with Crippen LogP contribution in [0.25, 0.3) is 0 Å². The standard InChI is InChI=1S/C16H21ClN2O/c17-12-7-3-8-13(18)15(12)16(20)19-10-4-9-14(19)11-5-1-2-6-11/h3,7-8,11,14H,1-2,4-6,9-10,18H2. The van der Waals surface area contributed by atoms with E-state index in [0.29, 0.717) is 28.2 Å². The van der Waals surface area contributed by atoms with Crippen LogP contribution in [0, 0.1) is 5.92 Å². The van der Waals surface area contributed by atoms with E-state index in [1.165, 1.54) is 25.7 Å². The van der Waals surface area contributed by atoms with Crippen LogP contribution in [0.4, 0.5) is 5.69 Å². The van der Waals surface area contributed by atoms with Crippen molar-refractivity contribution in [1.29, 1.82) is 0 Å². The van der Waals surface area contributed by atoms with E-state index in [2.05, 4.69) is 0 Å². The number of nitrogens with zero attached hydrogens (tertiary/aromatic N) is 1. The summed E-state index contributed by atoms with van der Waals surface area (Å²) in [4.78, 5) is 14.8. The monoisotopic (exact) mass is 292 g/mol. The van der Waals surface area contributed by atoms with Gasteiger partial charge in [0.1, 0.15) is 0 Å². The molecule has 0 radical (unpaired) electrons. The first-order valence-corrected chi connectivity index (χ1v) is 7.91. The number of rotatable bonds is 2. The average molecular weight is 293 g/mol. The molecule has 1 unspecified atom stereocenters. The van der Waals surface area contributed by atoms with Crippen molar-refractivity contribution in [3.05, 3.63) is 28.8 Å². The molecule has 108 valence electrons. The molecule has 1 aromatic rings. The predicted octanol–water partition coefficient (Wildman–Crippen LogP) is 3.72. The van der Waals surface area contributed by atoms with E-state index in [4.69, 9.17) is 17.3 Å². The van der Waals surface area contributed by atoms with E-state index in [1.54, 1.807) is 18.2 Å². The highest BCUT2D eigenvalue weighted by Crippen LogP contribution is 2.37. The Morgan fingerprint density at radius 2 is 1.95 bits per heavy atom. The number of nitrogen functional groups attached to an aromatic ring is 1. The van der Waals surface area contributed by atoms with Gasteiger partial charge in [-0.1, -0.05) is 30.5 Å². The molecule has 3 rings (SSSR count). The smallest absolute Gasteiger partial charge is 0.257 e. The molecule has 2 aliphatic rings. The largest absolute Gasteiger partial charge is 0.398 e. The molecule has 0 spiro atoms. The molecule has 1 saturated carbocycles. The lowest BCUT2D eigenvalue weighted by atomic mass is 9.95. The van der Waals surface area contributed by atoms with Gasteiger partial charge in [0.05, 0.1) is 10.6 Å². The highest BCUT2D eigenvalue weighted by atomic mass is 35.5. The van der Waals surface area contributed by atoms with Crippen LogP contribution in [0.3, 0.4) is 0 Å². The predicted molar refractivity (Wildman–Crippen MR) is 81.9 cm³/mol. The summed E-state index contributed by atoms with van der Waals surface area (Å²) in [6.45, 7) is 0.838. The van der Waals surface area contributed by atoms with E-state index in [1.807, 2.05) is 4.90 Å². The second-order valence-corrected chi connectivity index (χ2v) is 6.36. The zero-order chi connectivity index (χ0) is 14.1. The number of carbonyl (C=O) groups is 1. The third kappa shape index (κ3) is 2.39. The van der Waals surface area contributed by atoms with Crippen molar-refractivity contribution >= 4 is 23.2 Å². The summed E-state index contributed by atoms with van der Waals surface area (Å²) in [5, 5.41) is 0.465. The van der Waals surface area contributed by atoms with Crippen LogP contribution < -0.4 is 5.73 Å². The Hall–Kier alpha value is -1.22. The Morgan fingerprint density at radius 1 is 1.20 bits per heavy atom. The molecule has 3 nitrogen and oxygen atoms in total. The molecule has 2 N–H and O–H groups in total. The normalized spacial score (nSPS) is 23.4. The number of nitrogens with two attached hydrogens (primary N) is 1. The van der Waals surface area contributed by atoms with E-state index in [-0.39, 0.29) is 5.91 Å². The molecule has 1 aliphatic carbocycles. The number of halogens is 1. The van der Waals surface area contributed by atoms with Gasteiger partial charge in [0, 0.05) is 18.3 Å². The van der Waals surface area contributed by atoms with Crippen molar-refractivity contribution in [2.24, 2.45) is 5.92 Å². The van der Waals surface area contributed by atoms with Gasteiger partial charge in [-0.3, -0.25) is 4.79 Å². The first-order chi connectivity index (χ1) is 9.68. The molecule has 0 bridgehead atoms. The molecule has 2 fully saturated rings. The van der Waals surface area contributed by atoms with Gasteiger partial charge in [-0.25, -0.2) is 0 Å². The van der Waals surface area contributed by atoms with Crippen LogP contribution in [0.2, 0.25) is 5.02 Å². The maximum atomic E-state index is 12.8. The van der Waals surface area contributed by atoms with Gasteiger partial charge in [0.15, 0.2) is 0 Å². The van der Waals surface area contributed by atoms with Crippen LogP contribution in [0.1, 0.15) is 48.9 Å². The fourth-order valence-corrected chi connectivity index (χ4v) is 4.05. The van der Waals surface area contributed by atoms with Crippen molar-refractivity contribution in [1.82, 2.24) is 4.90 Å². The third-order valence-electron chi connectivity index (χ3n) is 4.76. The summed E-state index contributed by atoms with van der Waals surface area (Å²) in [5.74, 6) is 0.688. The molecule has 1 aliphatic heterocycles. The summed E-state index contributed by atoms with van der Waals surface area (Å²) in [6, 6.07) is 5.67. The van der Waals surface area contributed by atoms with E-state index < -0.39 is 0 Å². The Labute approximate surface area is 125 Å². The summed E-state index contributed by atoms with van der Waals surface area (Å²) >= 11 is 6.18. The second kappa shape index (κ2) is 5.65. The van der Waals surface area contributed by atoms with Crippen molar-refractivity contribution in [2.75, 3.05) is 12.3 Å². The summed E-state index contributed by atoms with van der Waals surface area (Å²) in [7, 11) is 0. The Kier molecular flexibility index (Phi) is 3.88. The lowest BCUT2D eigenvalue weighted by Gasteiger charge is -2.30. The number of amides is 1. The maximum Gasteiger partial charge on any atom is 0.257 e. The highest BCUT2D eigenvalue weighted by molar-refractivity contribution is 6.34. The van der Waals surface area contributed by atoms with Crippen molar-refractivity contribution < 1.29 is 4.79 Å². The molecular weight excluding hydrogens is 272 g/mol. The zero-order valence-electron chi connectivity index (χ0n) is 11.6. The number of anilines is 1. The lowest BCUT2D eigenvalue weighted by molar-refractivity contribution is 0.0690. The van der Waals surface area contributed by atoms with Crippen LogP contribution in [-0.2, 0) is 0 Å². The Bertz CT molecular complexity index is 491. The van der Waals surface area contributed by atoms with E-state index >= 15 is 0 Å². The number of likely N-dealkylation sites (tertiary alicyclic amines) is 1. The highest BCUT2D eigenvalue weighted by Gasteiger charge is 2.37. The lowest BCUT2D eigenvalue weighted by Crippen LogP contribution is -2.39. The minimum absolute atomic E-state index is 0.0162. The summed E-state index contributed by atoms with van der Waals surface area (Å²) < 4.78 is 0. The van der Waals surface area contributed by atoms with E-state index in [9.17, 15) is 4.79 Å². The molecular formula is C16H21ClN2O. The van der Waals surface area contributed by atoms with Gasteiger partial charge in [-0.15, -0.1) is 0 Å². The van der Waals surface area contributed by atoms with Gasteiger partial charge in [-0.05, 0) is 43.7 Å². The van der Waals surface area contributed by atoms with Crippen LogP contribution >= 0.6 is 11.6 Å². The van der Waals surface area contributed by atoms with Gasteiger partial charge in [0.25, 0.3) is 5.91 Å². The molecule has 4 heteroatoms. The SMILES string of the molecule is Nc1cccc(Cl)c1C(=O)N1CCCC1C1CCCC1. The van der Waals surface area contributed by atoms with Crippen LogP contribution in [0.15, 0.2) is 18.2 Å². The molecule has 1 saturated heterocycles. The van der Waals surface area contributed by atoms with Crippen molar-refractivity contribution in [2.45, 2.75) is 44.6 Å². The topological polar surface area (TPSA) is 46.3 Å². The maximum absolute atomic E-state index is 12.8. The fourth-order valence-electron chi connectivity index (χ4n) is 3.79. The molecule has 1 atom stereocenters. The quantitative estimate of drug-likeness (QED) is 0.845. The molecule has 1 aromatic carbocycles. The average Bonchev–Trinajstić information content (AvgIpc) is 3.09. The second-order valence-electron chi connectivity index (χ2n) is 5.96. The van der Waals surface area contributed by atoms with Gasteiger partial charge < -0.3 is 10.6 Å². The minimum Gasteiger partial charge on any atom is -0.398 e. The minimum atomic E-state index is 0.0162. The number of hydrogen-bond donors (Lipinski definition) is 1. The number of hydrogen-bond acceptors (Lipinski definition) is 2. The molecule has 20 heavy (non-hydrogen) atoms. The first-order valence-electron chi connectivity index (χ1n) is 7.53. The fraction of sp³-hybridized carbons (Fsp3) is 0.562. The molecule has 1 amide bonds. The van der Waals surface area contributed by atoms with Gasteiger partial charge in [0.2, 0.25) is 0 Å². The summed E-state index contributed by atoms with van der Waals surface area (Å²) in [5.41, 5.74) is 6.93. The summed E-state index contributed by atoms with van der Waals surface area (Å²) in [6.07, 6.45) is 7.34. The number of benzene rings is 1.